The molecule has 0 saturated carbocycles. The van der Waals surface area contributed by atoms with Gasteiger partial charge in [-0.25, -0.2) is 4.79 Å². The fourth-order valence-corrected chi connectivity index (χ4v) is 4.15. The van der Waals surface area contributed by atoms with Gasteiger partial charge in [0.2, 0.25) is 0 Å². The number of rotatable bonds is 17. The van der Waals surface area contributed by atoms with E-state index in [1.165, 1.54) is 125 Å². The van der Waals surface area contributed by atoms with Crippen LogP contribution in [0.2, 0.25) is 0 Å². The summed E-state index contributed by atoms with van der Waals surface area (Å²) in [5.74, 6) is -1.76. The van der Waals surface area contributed by atoms with Crippen LogP contribution in [0.5, 0.6) is 5.75 Å². The van der Waals surface area contributed by atoms with Crippen LogP contribution in [0.25, 0.3) is 0 Å². The number of carboxylic acid groups (broad SMARTS) is 1. The van der Waals surface area contributed by atoms with E-state index in [-0.39, 0.29) is 12.2 Å². The Morgan fingerprint density at radius 2 is 1.42 bits per heavy atom. The molecule has 0 aliphatic heterocycles. The number of aromatic hydroxyl groups is 1. The quantitative estimate of drug-likeness (QED) is 0.185. The van der Waals surface area contributed by atoms with Gasteiger partial charge in [-0.05, 0) is 37.3 Å². The Balaban J connectivity index is 0.000000686. The van der Waals surface area contributed by atoms with Crippen molar-refractivity contribution in [1.29, 1.82) is 0 Å². The number of esters is 1. The molecular formula is C29H50N2O5. The molecule has 0 saturated heterocycles. The van der Waals surface area contributed by atoms with Gasteiger partial charge in [-0.15, -0.1) is 0 Å². The number of hydrogen-bond donors (Lipinski definition) is 1. The summed E-state index contributed by atoms with van der Waals surface area (Å²) in [4.78, 5) is 23.2. The first kappa shape index (κ1) is 33.5. The summed E-state index contributed by atoms with van der Waals surface area (Å²) in [7, 11) is 2.87. The van der Waals surface area contributed by atoms with E-state index in [0.717, 1.165) is 0 Å². The summed E-state index contributed by atoms with van der Waals surface area (Å²) in [6.07, 6.45) is 13.4. The van der Waals surface area contributed by atoms with Gasteiger partial charge >= 0.3 is 5.97 Å². The van der Waals surface area contributed by atoms with Gasteiger partial charge in [-0.1, -0.05) is 59.4 Å². The minimum absolute atomic E-state index is 0.00424. The zero-order valence-electron chi connectivity index (χ0n) is 23.6. The lowest BCUT2D eigenvalue weighted by Gasteiger charge is -2.39. The maximum Gasteiger partial charge on any atom is 0.331 e. The Kier molecular flexibility index (Phi) is 18.2. The third kappa shape index (κ3) is 14.1. The predicted molar refractivity (Wildman–Crippen MR) is 146 cm³/mol. The largest absolute Gasteiger partial charge is 0.550 e. The van der Waals surface area contributed by atoms with Crippen molar-refractivity contribution in [3.8, 4) is 5.75 Å². The normalized spacial score (nSPS) is 11.2. The lowest BCUT2D eigenvalue weighted by molar-refractivity contribution is -0.929. The van der Waals surface area contributed by atoms with Crippen molar-refractivity contribution in [2.75, 3.05) is 45.2 Å². The van der Waals surface area contributed by atoms with Gasteiger partial charge in [0.25, 0.3) is 0 Å². The molecule has 1 N–H and O–H groups in total. The molecule has 1 rings (SSSR count). The second-order valence-corrected chi connectivity index (χ2v) is 9.46. The summed E-state index contributed by atoms with van der Waals surface area (Å²) >= 11 is 0. The number of quaternary nitrogens is 1. The molecule has 0 amide bonds. The molecule has 0 heterocycles. The number of phenols is 1. The SMILES string of the molecule is CCCC[N+](CCCC)(CCCC)CCCC.COC(=O)C=CN(C)c1cc(O)ccc1CC(=O)[O-]. The second-order valence-electron chi connectivity index (χ2n) is 9.46. The Morgan fingerprint density at radius 1 is 0.944 bits per heavy atom. The lowest BCUT2D eigenvalue weighted by Crippen LogP contribution is -2.50. The van der Waals surface area contributed by atoms with Crippen LogP contribution in [0.15, 0.2) is 30.5 Å². The maximum atomic E-state index is 11.0. The van der Waals surface area contributed by atoms with Crippen molar-refractivity contribution in [3.63, 3.8) is 0 Å². The molecule has 7 nitrogen and oxygen atoms in total. The van der Waals surface area contributed by atoms with E-state index in [1.807, 2.05) is 0 Å². The van der Waals surface area contributed by atoms with Crippen molar-refractivity contribution in [2.24, 2.45) is 0 Å². The molecule has 0 spiro atoms. The van der Waals surface area contributed by atoms with Crippen molar-refractivity contribution in [1.82, 2.24) is 0 Å². The third-order valence-electron chi connectivity index (χ3n) is 6.36. The molecule has 0 fully saturated rings. The summed E-state index contributed by atoms with van der Waals surface area (Å²) in [5.41, 5.74) is 0.930. The van der Waals surface area contributed by atoms with Crippen molar-refractivity contribution >= 4 is 17.6 Å². The number of carbonyl (C=O) groups excluding carboxylic acids is 2. The van der Waals surface area contributed by atoms with E-state index < -0.39 is 11.9 Å². The summed E-state index contributed by atoms with van der Waals surface area (Å²) in [6, 6.07) is 4.28. The number of hydrogen-bond acceptors (Lipinski definition) is 6. The van der Waals surface area contributed by atoms with Crippen LogP contribution in [0.4, 0.5) is 5.69 Å². The molecule has 0 aliphatic carbocycles. The van der Waals surface area contributed by atoms with Gasteiger partial charge in [-0.2, -0.15) is 0 Å². The number of methoxy groups -OCH3 is 1. The van der Waals surface area contributed by atoms with Gasteiger partial charge in [0.05, 0.1) is 33.3 Å². The van der Waals surface area contributed by atoms with Crippen LogP contribution in [0.1, 0.15) is 84.6 Å². The fourth-order valence-electron chi connectivity index (χ4n) is 4.15. The zero-order chi connectivity index (χ0) is 27.4. The highest BCUT2D eigenvalue weighted by Gasteiger charge is 2.24. The first-order valence-electron chi connectivity index (χ1n) is 13.5. The van der Waals surface area contributed by atoms with E-state index in [4.69, 9.17) is 0 Å². The van der Waals surface area contributed by atoms with Crippen LogP contribution in [0.3, 0.4) is 0 Å². The average molecular weight is 507 g/mol. The first-order valence-corrected chi connectivity index (χ1v) is 13.5. The average Bonchev–Trinajstić information content (AvgIpc) is 2.87. The Hall–Kier alpha value is -2.54. The topological polar surface area (TPSA) is 89.9 Å². The highest BCUT2D eigenvalue weighted by molar-refractivity contribution is 5.82. The molecule has 0 aliphatic rings. The summed E-state index contributed by atoms with van der Waals surface area (Å²) in [6.45, 7) is 15.0. The molecule has 1 aromatic rings. The number of carbonyl (C=O) groups is 2. The molecular weight excluding hydrogens is 456 g/mol. The number of nitrogens with zero attached hydrogens (tertiary/aromatic N) is 2. The number of ether oxygens (including phenoxy) is 1. The van der Waals surface area contributed by atoms with Gasteiger partial charge in [-0.3, -0.25) is 0 Å². The van der Waals surface area contributed by atoms with E-state index in [1.54, 1.807) is 7.05 Å². The maximum absolute atomic E-state index is 11.0. The highest BCUT2D eigenvalue weighted by atomic mass is 16.5. The van der Waals surface area contributed by atoms with Crippen molar-refractivity contribution in [2.45, 2.75) is 85.5 Å². The Bertz CT molecular complexity index is 741. The standard InChI is InChI=1S/C16H36N.C13H15NO5/c1-5-9-13-17(14-10-6-2,15-11-7-3)16-12-8-4;1-14(6-5-13(18)19-2)11-8-10(15)4-3-9(11)7-12(16)17/h5-16H2,1-4H3;3-6,8,15H,7H2,1-2H3,(H,16,17)/q+1;/p-1. The van der Waals surface area contributed by atoms with Crippen LogP contribution in [0, 0.1) is 0 Å². The molecule has 0 unspecified atom stereocenters. The van der Waals surface area contributed by atoms with E-state index in [0.29, 0.717) is 11.3 Å². The summed E-state index contributed by atoms with van der Waals surface area (Å²) < 4.78 is 5.87. The van der Waals surface area contributed by atoms with Gasteiger partial charge in [0.1, 0.15) is 5.75 Å². The van der Waals surface area contributed by atoms with E-state index in [9.17, 15) is 19.8 Å². The number of carboxylic acids is 1. The van der Waals surface area contributed by atoms with Crippen LogP contribution < -0.4 is 10.0 Å². The second kappa shape index (κ2) is 19.6. The Morgan fingerprint density at radius 3 is 1.81 bits per heavy atom. The first-order chi connectivity index (χ1) is 17.2. The van der Waals surface area contributed by atoms with Gasteiger partial charge in [0, 0.05) is 43.5 Å². The molecule has 206 valence electrons. The smallest absolute Gasteiger partial charge is 0.331 e. The lowest BCUT2D eigenvalue weighted by atomic mass is 10.1. The predicted octanol–water partition coefficient (Wildman–Crippen LogP) is 4.81. The minimum Gasteiger partial charge on any atom is -0.550 e. The van der Waals surface area contributed by atoms with Gasteiger partial charge in [0.15, 0.2) is 0 Å². The Labute approximate surface area is 219 Å². The molecule has 7 heteroatoms. The minimum atomic E-state index is -1.22. The van der Waals surface area contributed by atoms with Crippen LogP contribution in [-0.4, -0.2) is 61.9 Å². The number of anilines is 1. The zero-order valence-corrected chi connectivity index (χ0v) is 23.6. The number of benzene rings is 1. The van der Waals surface area contributed by atoms with Gasteiger partial charge < -0.3 is 29.1 Å². The summed E-state index contributed by atoms with van der Waals surface area (Å²) in [5, 5.41) is 20.1. The molecule has 0 aromatic heterocycles. The van der Waals surface area contributed by atoms with E-state index >= 15 is 0 Å². The highest BCUT2D eigenvalue weighted by Crippen LogP contribution is 2.25. The molecule has 0 radical (unpaired) electrons. The number of phenolic OH excluding ortho intramolecular Hbond substituents is 1. The monoisotopic (exact) mass is 506 g/mol. The molecule has 1 aromatic carbocycles. The van der Waals surface area contributed by atoms with Crippen LogP contribution >= 0.6 is 0 Å². The number of unbranched alkanes of at least 4 members (excludes halogenated alkanes) is 4. The number of aliphatic carboxylic acids is 1. The van der Waals surface area contributed by atoms with Crippen LogP contribution in [-0.2, 0) is 20.7 Å². The van der Waals surface area contributed by atoms with E-state index in [2.05, 4.69) is 32.4 Å². The third-order valence-corrected chi connectivity index (χ3v) is 6.36. The molecule has 0 bridgehead atoms. The fraction of sp³-hybridized carbons (Fsp3) is 0.655. The molecule has 0 atom stereocenters. The van der Waals surface area contributed by atoms with Crippen molar-refractivity contribution in [3.05, 3.63) is 36.0 Å². The van der Waals surface area contributed by atoms with Crippen molar-refractivity contribution < 1.29 is 29.0 Å². The molecule has 36 heavy (non-hydrogen) atoms.